The summed E-state index contributed by atoms with van der Waals surface area (Å²) in [5.74, 6) is 1.65. The Bertz CT molecular complexity index is 631. The smallest absolute Gasteiger partial charge is 0.137 e. The summed E-state index contributed by atoms with van der Waals surface area (Å²) in [4.78, 5) is 24.3. The molecule has 4 aliphatic rings. The van der Waals surface area contributed by atoms with E-state index in [0.29, 0.717) is 42.8 Å². The number of aliphatic hydroxyl groups is 1. The number of carbonyl (C=O) groups is 2. The van der Waals surface area contributed by atoms with Gasteiger partial charge in [-0.3, -0.25) is 4.79 Å². The molecule has 24 heavy (non-hydrogen) atoms. The standard InChI is InChI=1S/C21H30O3/c1-13-10-15-16-6-8-20(3,24)19(16,2)7-5-17(15)21(12-22)9-4-14(23)11-18(13)21/h12,15-17,24H,4-11H2,1-3H3/t15-,16-,17-,19-,20-,21-/m0/s1. The first-order valence-corrected chi connectivity index (χ1v) is 9.65. The van der Waals surface area contributed by atoms with Crippen molar-refractivity contribution < 1.29 is 14.7 Å². The predicted molar refractivity (Wildman–Crippen MR) is 92.3 cm³/mol. The molecule has 0 amide bonds. The second kappa shape index (κ2) is 5.03. The summed E-state index contributed by atoms with van der Waals surface area (Å²) < 4.78 is 0. The predicted octanol–water partition coefficient (Wildman–Crippen LogP) is 3.84. The molecule has 1 N–H and O–H groups in total. The zero-order valence-electron chi connectivity index (χ0n) is 15.2. The third-order valence-corrected chi connectivity index (χ3v) is 8.68. The van der Waals surface area contributed by atoms with Gasteiger partial charge in [0.05, 0.1) is 11.0 Å². The summed E-state index contributed by atoms with van der Waals surface area (Å²) in [5, 5.41) is 11.0. The molecule has 6 atom stereocenters. The molecule has 0 aliphatic heterocycles. The summed E-state index contributed by atoms with van der Waals surface area (Å²) in [5.41, 5.74) is 1.43. The molecule has 0 aromatic carbocycles. The molecule has 0 bridgehead atoms. The largest absolute Gasteiger partial charge is 0.390 e. The van der Waals surface area contributed by atoms with Crippen LogP contribution in [0.2, 0.25) is 0 Å². The van der Waals surface area contributed by atoms with Crippen LogP contribution in [0.15, 0.2) is 11.1 Å². The maximum Gasteiger partial charge on any atom is 0.137 e. The van der Waals surface area contributed by atoms with Gasteiger partial charge < -0.3 is 9.90 Å². The lowest BCUT2D eigenvalue weighted by Gasteiger charge is -2.58. The first kappa shape index (κ1) is 16.5. The number of ketones is 1. The fourth-order valence-corrected chi connectivity index (χ4v) is 7.05. The van der Waals surface area contributed by atoms with Crippen LogP contribution < -0.4 is 0 Å². The lowest BCUT2D eigenvalue weighted by Crippen LogP contribution is -2.55. The third kappa shape index (κ3) is 1.88. The van der Waals surface area contributed by atoms with Crippen LogP contribution in [0, 0.1) is 28.6 Å². The van der Waals surface area contributed by atoms with E-state index in [1.807, 2.05) is 6.92 Å². The SMILES string of the molecule is CC1=C2CC(=O)CC[C@]2(C=O)[C@H]2CC[C@@]3(C)[C@@H](CC[C@]3(C)O)[C@@H]2C1. The lowest BCUT2D eigenvalue weighted by molar-refractivity contribution is -0.137. The minimum atomic E-state index is -0.586. The van der Waals surface area contributed by atoms with Crippen LogP contribution in [-0.2, 0) is 9.59 Å². The van der Waals surface area contributed by atoms with Crippen molar-refractivity contribution in [2.24, 2.45) is 28.6 Å². The molecule has 0 radical (unpaired) electrons. The highest BCUT2D eigenvalue weighted by Crippen LogP contribution is 2.67. The van der Waals surface area contributed by atoms with Crippen molar-refractivity contribution in [3.8, 4) is 0 Å². The molecule has 0 unspecified atom stereocenters. The van der Waals surface area contributed by atoms with E-state index in [9.17, 15) is 14.7 Å². The Morgan fingerprint density at radius 3 is 2.54 bits per heavy atom. The van der Waals surface area contributed by atoms with Crippen molar-refractivity contribution >= 4 is 12.1 Å². The van der Waals surface area contributed by atoms with Gasteiger partial charge in [-0.1, -0.05) is 18.1 Å². The zero-order valence-corrected chi connectivity index (χ0v) is 15.2. The van der Waals surface area contributed by atoms with Crippen LogP contribution in [0.3, 0.4) is 0 Å². The number of hydrogen-bond donors (Lipinski definition) is 1. The third-order valence-electron chi connectivity index (χ3n) is 8.68. The maximum absolute atomic E-state index is 12.3. The van der Waals surface area contributed by atoms with Gasteiger partial charge in [0.2, 0.25) is 0 Å². The topological polar surface area (TPSA) is 54.4 Å². The molecule has 3 saturated carbocycles. The van der Waals surface area contributed by atoms with Gasteiger partial charge in [-0.25, -0.2) is 0 Å². The second-order valence-electron chi connectivity index (χ2n) is 9.48. The van der Waals surface area contributed by atoms with Crippen molar-refractivity contribution in [2.45, 2.75) is 77.7 Å². The van der Waals surface area contributed by atoms with Crippen LogP contribution in [-0.4, -0.2) is 22.8 Å². The molecule has 3 heteroatoms. The highest BCUT2D eigenvalue weighted by molar-refractivity contribution is 5.86. The molecule has 0 heterocycles. The van der Waals surface area contributed by atoms with Crippen LogP contribution >= 0.6 is 0 Å². The molecule has 0 aromatic heterocycles. The molecular weight excluding hydrogens is 300 g/mol. The number of fused-ring (bicyclic) bond motifs is 5. The number of hydrogen-bond acceptors (Lipinski definition) is 3. The Morgan fingerprint density at radius 1 is 1.12 bits per heavy atom. The van der Waals surface area contributed by atoms with Crippen molar-refractivity contribution in [1.82, 2.24) is 0 Å². The number of allylic oxidation sites excluding steroid dienone is 2. The molecular formula is C21H30O3. The fourth-order valence-electron chi connectivity index (χ4n) is 7.05. The Balaban J connectivity index is 1.79. The second-order valence-corrected chi connectivity index (χ2v) is 9.48. The number of Topliss-reactive ketones (excluding diaryl/α,β-unsaturated/α-hetero) is 1. The summed E-state index contributed by atoms with van der Waals surface area (Å²) in [7, 11) is 0. The molecule has 0 spiro atoms. The van der Waals surface area contributed by atoms with Gasteiger partial charge in [0, 0.05) is 12.8 Å². The Morgan fingerprint density at radius 2 is 1.83 bits per heavy atom. The van der Waals surface area contributed by atoms with Crippen molar-refractivity contribution in [3.63, 3.8) is 0 Å². The molecule has 132 valence electrons. The normalized spacial score (nSPS) is 51.0. The van der Waals surface area contributed by atoms with E-state index in [4.69, 9.17) is 0 Å². The van der Waals surface area contributed by atoms with Gasteiger partial charge in [-0.2, -0.15) is 0 Å². The number of rotatable bonds is 1. The van der Waals surface area contributed by atoms with Gasteiger partial charge in [-0.15, -0.1) is 0 Å². The molecule has 3 fully saturated rings. The van der Waals surface area contributed by atoms with Crippen LogP contribution in [0.1, 0.15) is 72.1 Å². The van der Waals surface area contributed by atoms with E-state index in [1.54, 1.807) is 0 Å². The Hall–Kier alpha value is -0.960. The van der Waals surface area contributed by atoms with E-state index in [-0.39, 0.29) is 5.41 Å². The average molecular weight is 330 g/mol. The van der Waals surface area contributed by atoms with Gasteiger partial charge in [0.1, 0.15) is 12.1 Å². The maximum atomic E-state index is 12.3. The number of carbonyl (C=O) groups excluding carboxylic acids is 2. The monoisotopic (exact) mass is 330 g/mol. The van der Waals surface area contributed by atoms with Crippen LogP contribution in [0.25, 0.3) is 0 Å². The molecule has 4 aliphatic carbocycles. The van der Waals surface area contributed by atoms with Crippen molar-refractivity contribution in [3.05, 3.63) is 11.1 Å². The first-order chi connectivity index (χ1) is 11.2. The average Bonchev–Trinajstić information content (AvgIpc) is 2.78. The number of aldehydes is 1. The van der Waals surface area contributed by atoms with Crippen LogP contribution in [0.5, 0.6) is 0 Å². The summed E-state index contributed by atoms with van der Waals surface area (Å²) in [6.45, 7) is 6.42. The summed E-state index contributed by atoms with van der Waals surface area (Å²) in [6, 6.07) is 0. The molecule has 0 saturated heterocycles. The Labute approximate surface area is 144 Å². The fraction of sp³-hybridized carbons (Fsp3) is 0.810. The first-order valence-electron chi connectivity index (χ1n) is 9.65. The summed E-state index contributed by atoms with van der Waals surface area (Å²) >= 11 is 0. The highest BCUT2D eigenvalue weighted by Gasteiger charge is 2.63. The quantitative estimate of drug-likeness (QED) is 0.587. The van der Waals surface area contributed by atoms with Gasteiger partial charge in [0.15, 0.2) is 0 Å². The lowest BCUT2D eigenvalue weighted by atomic mass is 9.46. The molecule has 4 rings (SSSR count). The van der Waals surface area contributed by atoms with Crippen molar-refractivity contribution in [2.75, 3.05) is 0 Å². The Kier molecular flexibility index (Phi) is 3.46. The zero-order chi connectivity index (χ0) is 17.3. The molecule has 3 nitrogen and oxygen atoms in total. The van der Waals surface area contributed by atoms with E-state index in [1.165, 1.54) is 11.9 Å². The minimum absolute atomic E-state index is 0.0273. The van der Waals surface area contributed by atoms with Crippen molar-refractivity contribution in [1.29, 1.82) is 0 Å². The highest BCUT2D eigenvalue weighted by atomic mass is 16.3. The van der Waals surface area contributed by atoms with E-state index >= 15 is 0 Å². The van der Waals surface area contributed by atoms with Gasteiger partial charge >= 0.3 is 0 Å². The van der Waals surface area contributed by atoms with Gasteiger partial charge in [-0.05, 0) is 75.5 Å². The molecule has 0 aromatic rings. The minimum Gasteiger partial charge on any atom is -0.390 e. The van der Waals surface area contributed by atoms with E-state index < -0.39 is 11.0 Å². The van der Waals surface area contributed by atoms with Crippen LogP contribution in [0.4, 0.5) is 0 Å². The summed E-state index contributed by atoms with van der Waals surface area (Å²) in [6.07, 6.45) is 7.93. The van der Waals surface area contributed by atoms with E-state index in [0.717, 1.165) is 37.7 Å². The van der Waals surface area contributed by atoms with Gasteiger partial charge in [0.25, 0.3) is 0 Å². The van der Waals surface area contributed by atoms with E-state index in [2.05, 4.69) is 13.8 Å².